The standard InChI is InChI=1S/C19H39/c1-5-7-9-11-13-15-18(3)17-19(4)16-14-12-10-8-6-2/h17-19H,5-16H2,1-4H3. The lowest BCUT2D eigenvalue weighted by Gasteiger charge is -2.16. The lowest BCUT2D eigenvalue weighted by atomic mass is 9.89. The van der Waals surface area contributed by atoms with Crippen molar-refractivity contribution in [2.24, 2.45) is 11.8 Å². The first-order chi connectivity index (χ1) is 9.20. The van der Waals surface area contributed by atoms with Crippen molar-refractivity contribution in [1.29, 1.82) is 0 Å². The summed E-state index contributed by atoms with van der Waals surface area (Å²) in [4.78, 5) is 0. The van der Waals surface area contributed by atoms with Crippen LogP contribution in [-0.2, 0) is 0 Å². The van der Waals surface area contributed by atoms with Gasteiger partial charge in [0.05, 0.1) is 0 Å². The van der Waals surface area contributed by atoms with Crippen LogP contribution in [0.4, 0.5) is 0 Å². The van der Waals surface area contributed by atoms with Gasteiger partial charge in [0.2, 0.25) is 0 Å². The summed E-state index contributed by atoms with van der Waals surface area (Å²) < 4.78 is 0. The molecule has 115 valence electrons. The van der Waals surface area contributed by atoms with Crippen LogP contribution < -0.4 is 0 Å². The summed E-state index contributed by atoms with van der Waals surface area (Å²) in [7, 11) is 0. The average molecular weight is 268 g/mol. The first-order valence-electron chi connectivity index (χ1n) is 9.05. The van der Waals surface area contributed by atoms with Gasteiger partial charge in [-0.1, -0.05) is 105 Å². The topological polar surface area (TPSA) is 0 Å². The molecule has 2 unspecified atom stereocenters. The fourth-order valence-electron chi connectivity index (χ4n) is 2.89. The van der Waals surface area contributed by atoms with E-state index in [1.165, 1.54) is 77.0 Å². The highest BCUT2D eigenvalue weighted by Gasteiger charge is 2.08. The molecule has 0 N–H and O–H groups in total. The van der Waals surface area contributed by atoms with E-state index in [0.29, 0.717) is 0 Å². The van der Waals surface area contributed by atoms with Crippen LogP contribution in [0.1, 0.15) is 105 Å². The van der Waals surface area contributed by atoms with Crippen LogP contribution in [0, 0.1) is 18.3 Å². The van der Waals surface area contributed by atoms with Gasteiger partial charge in [0.15, 0.2) is 0 Å². The Balaban J connectivity index is 3.34. The normalized spacial score (nSPS) is 14.5. The van der Waals surface area contributed by atoms with Crippen LogP contribution in [0.2, 0.25) is 0 Å². The molecule has 0 heterocycles. The van der Waals surface area contributed by atoms with E-state index in [9.17, 15) is 0 Å². The first-order valence-corrected chi connectivity index (χ1v) is 9.05. The average Bonchev–Trinajstić information content (AvgIpc) is 2.38. The number of unbranched alkanes of at least 4 members (excludes halogenated alkanes) is 8. The summed E-state index contributed by atoms with van der Waals surface area (Å²) in [5.41, 5.74) is 0. The molecule has 0 aromatic rings. The Hall–Kier alpha value is 0. The second-order valence-corrected chi connectivity index (χ2v) is 6.55. The molecule has 0 aliphatic carbocycles. The van der Waals surface area contributed by atoms with Gasteiger partial charge in [0.25, 0.3) is 0 Å². The summed E-state index contributed by atoms with van der Waals surface area (Å²) in [6.07, 6.45) is 19.6. The van der Waals surface area contributed by atoms with E-state index >= 15 is 0 Å². The van der Waals surface area contributed by atoms with E-state index in [1.807, 2.05) is 0 Å². The Morgan fingerprint density at radius 3 is 1.32 bits per heavy atom. The van der Waals surface area contributed by atoms with Crippen LogP contribution in [-0.4, -0.2) is 0 Å². The third-order valence-electron chi connectivity index (χ3n) is 4.18. The fraction of sp³-hybridized carbons (Fsp3) is 0.947. The quantitative estimate of drug-likeness (QED) is 0.292. The number of hydrogen-bond donors (Lipinski definition) is 0. The molecule has 1 radical (unpaired) electrons. The van der Waals surface area contributed by atoms with E-state index in [0.717, 1.165) is 11.8 Å². The van der Waals surface area contributed by atoms with Crippen LogP contribution >= 0.6 is 0 Å². The van der Waals surface area contributed by atoms with E-state index in [2.05, 4.69) is 34.1 Å². The third-order valence-corrected chi connectivity index (χ3v) is 4.18. The molecule has 0 spiro atoms. The van der Waals surface area contributed by atoms with E-state index < -0.39 is 0 Å². The highest BCUT2D eigenvalue weighted by Crippen LogP contribution is 2.21. The molecule has 0 saturated carbocycles. The molecule has 0 aromatic carbocycles. The summed E-state index contributed by atoms with van der Waals surface area (Å²) in [5.74, 6) is 1.65. The van der Waals surface area contributed by atoms with Crippen molar-refractivity contribution in [2.75, 3.05) is 0 Å². The minimum absolute atomic E-state index is 0.826. The van der Waals surface area contributed by atoms with E-state index in [-0.39, 0.29) is 0 Å². The Morgan fingerprint density at radius 2 is 0.947 bits per heavy atom. The zero-order valence-electron chi connectivity index (χ0n) is 14.2. The Kier molecular flexibility index (Phi) is 14.4. The highest BCUT2D eigenvalue weighted by atomic mass is 14.1. The lowest BCUT2D eigenvalue weighted by Crippen LogP contribution is -2.04. The number of hydrogen-bond acceptors (Lipinski definition) is 0. The van der Waals surface area contributed by atoms with Crippen molar-refractivity contribution in [3.8, 4) is 0 Å². The monoisotopic (exact) mass is 267 g/mol. The van der Waals surface area contributed by atoms with E-state index in [1.54, 1.807) is 0 Å². The van der Waals surface area contributed by atoms with Crippen molar-refractivity contribution in [1.82, 2.24) is 0 Å². The summed E-state index contributed by atoms with van der Waals surface area (Å²) in [6.45, 7) is 9.40. The van der Waals surface area contributed by atoms with Crippen molar-refractivity contribution in [2.45, 2.75) is 105 Å². The van der Waals surface area contributed by atoms with Crippen LogP contribution in [0.15, 0.2) is 0 Å². The van der Waals surface area contributed by atoms with Crippen LogP contribution in [0.3, 0.4) is 0 Å². The van der Waals surface area contributed by atoms with Gasteiger partial charge in [-0.05, 0) is 18.3 Å². The largest absolute Gasteiger partial charge is 0.0654 e. The highest BCUT2D eigenvalue weighted by molar-refractivity contribution is 4.78. The minimum atomic E-state index is 0.826. The zero-order valence-corrected chi connectivity index (χ0v) is 14.2. The predicted octanol–water partition coefficient (Wildman–Crippen LogP) is 7.18. The van der Waals surface area contributed by atoms with Crippen LogP contribution in [0.25, 0.3) is 0 Å². The van der Waals surface area contributed by atoms with Gasteiger partial charge in [-0.25, -0.2) is 0 Å². The molecule has 2 atom stereocenters. The van der Waals surface area contributed by atoms with Gasteiger partial charge in [-0.15, -0.1) is 0 Å². The first kappa shape index (κ1) is 19.0. The van der Waals surface area contributed by atoms with Crippen LogP contribution in [0.5, 0.6) is 0 Å². The SMILES string of the molecule is CCCCCCCC(C)[CH]C(C)CCCCCCC. The number of rotatable bonds is 14. The lowest BCUT2D eigenvalue weighted by molar-refractivity contribution is 0.450. The predicted molar refractivity (Wildman–Crippen MR) is 89.4 cm³/mol. The molecule has 0 fully saturated rings. The molecule has 0 nitrogen and oxygen atoms in total. The van der Waals surface area contributed by atoms with E-state index in [4.69, 9.17) is 0 Å². The molecule has 0 aliphatic heterocycles. The molecular weight excluding hydrogens is 228 g/mol. The fourth-order valence-corrected chi connectivity index (χ4v) is 2.89. The molecule has 0 aliphatic rings. The maximum Gasteiger partial charge on any atom is -0.0329 e. The maximum atomic E-state index is 2.61. The minimum Gasteiger partial charge on any atom is -0.0654 e. The van der Waals surface area contributed by atoms with Gasteiger partial charge in [0, 0.05) is 0 Å². The Labute approximate surface area is 123 Å². The Bertz CT molecular complexity index is 143. The second kappa shape index (κ2) is 14.4. The van der Waals surface area contributed by atoms with Gasteiger partial charge >= 0.3 is 0 Å². The molecule has 0 rings (SSSR count). The smallest absolute Gasteiger partial charge is 0.0329 e. The molecule has 0 bridgehead atoms. The van der Waals surface area contributed by atoms with Crippen molar-refractivity contribution >= 4 is 0 Å². The molecule has 0 saturated heterocycles. The molecule has 0 amide bonds. The summed E-state index contributed by atoms with van der Waals surface area (Å²) >= 11 is 0. The summed E-state index contributed by atoms with van der Waals surface area (Å²) in [5, 5.41) is 0. The van der Waals surface area contributed by atoms with Crippen molar-refractivity contribution < 1.29 is 0 Å². The maximum absolute atomic E-state index is 2.61. The second-order valence-electron chi connectivity index (χ2n) is 6.55. The van der Waals surface area contributed by atoms with Gasteiger partial charge in [-0.3, -0.25) is 0 Å². The molecule has 19 heavy (non-hydrogen) atoms. The molecule has 0 aromatic heterocycles. The molecule has 0 heteroatoms. The van der Waals surface area contributed by atoms with Crippen molar-refractivity contribution in [3.05, 3.63) is 6.42 Å². The van der Waals surface area contributed by atoms with Gasteiger partial charge in [-0.2, -0.15) is 0 Å². The summed E-state index contributed by atoms with van der Waals surface area (Å²) in [6, 6.07) is 0. The van der Waals surface area contributed by atoms with Crippen molar-refractivity contribution in [3.63, 3.8) is 0 Å². The third kappa shape index (κ3) is 14.2. The zero-order chi connectivity index (χ0) is 14.3. The molecular formula is C19H39. The Morgan fingerprint density at radius 1 is 0.579 bits per heavy atom. The van der Waals surface area contributed by atoms with Gasteiger partial charge < -0.3 is 0 Å². The van der Waals surface area contributed by atoms with Gasteiger partial charge in [0.1, 0.15) is 0 Å².